The number of hydrogen-bond acceptors (Lipinski definition) is 6. The molecule has 0 amide bonds. The molecule has 30 heavy (non-hydrogen) atoms. The standard InChI is InChI=1S/C14H17N3O2.C7H5F3O/c1-14(2)18-8-12(19-14)9-5-4-6-11(17-3)13(9)10(16)7-15;8-7(9,10)11-6-4-2-1-3-5-6/h4-6,12,16-17H,8H2,1-3H3;1-5H. The maximum atomic E-state index is 11.5. The van der Waals surface area contributed by atoms with Crippen molar-refractivity contribution in [3.05, 3.63) is 59.7 Å². The second-order valence-electron chi connectivity index (χ2n) is 6.68. The van der Waals surface area contributed by atoms with E-state index in [9.17, 15) is 13.2 Å². The fourth-order valence-corrected chi connectivity index (χ4v) is 2.84. The Kier molecular flexibility index (Phi) is 7.43. The first-order valence-corrected chi connectivity index (χ1v) is 8.98. The number of alkyl halides is 3. The van der Waals surface area contributed by atoms with Gasteiger partial charge in [-0.1, -0.05) is 30.3 Å². The molecule has 0 aliphatic carbocycles. The van der Waals surface area contributed by atoms with Gasteiger partial charge in [0.2, 0.25) is 0 Å². The predicted octanol–water partition coefficient (Wildman–Crippen LogP) is 5.03. The van der Waals surface area contributed by atoms with Gasteiger partial charge in [0.15, 0.2) is 5.79 Å². The number of anilines is 1. The van der Waals surface area contributed by atoms with E-state index in [1.165, 1.54) is 24.3 Å². The van der Waals surface area contributed by atoms with Crippen molar-refractivity contribution >= 4 is 11.4 Å². The molecule has 0 bridgehead atoms. The van der Waals surface area contributed by atoms with Gasteiger partial charge in [0.05, 0.1) is 6.61 Å². The van der Waals surface area contributed by atoms with Gasteiger partial charge < -0.3 is 19.5 Å². The zero-order valence-electron chi connectivity index (χ0n) is 16.7. The van der Waals surface area contributed by atoms with Crippen LogP contribution in [0.2, 0.25) is 0 Å². The molecule has 3 rings (SSSR count). The van der Waals surface area contributed by atoms with Crippen molar-refractivity contribution in [1.82, 2.24) is 0 Å². The Hall–Kier alpha value is -3.09. The molecule has 2 aromatic rings. The minimum Gasteiger partial charge on any atom is -0.406 e. The summed E-state index contributed by atoms with van der Waals surface area (Å²) in [6.07, 6.45) is -4.85. The van der Waals surface area contributed by atoms with Crippen LogP contribution in [0.1, 0.15) is 31.1 Å². The average Bonchev–Trinajstić information content (AvgIpc) is 3.06. The second kappa shape index (κ2) is 9.61. The molecule has 1 atom stereocenters. The highest BCUT2D eigenvalue weighted by molar-refractivity contribution is 6.14. The molecule has 2 aromatic carbocycles. The van der Waals surface area contributed by atoms with Gasteiger partial charge in [-0.05, 0) is 37.6 Å². The summed E-state index contributed by atoms with van der Waals surface area (Å²) >= 11 is 0. The first-order chi connectivity index (χ1) is 14.1. The third-order valence-corrected chi connectivity index (χ3v) is 4.06. The summed E-state index contributed by atoms with van der Waals surface area (Å²) in [6, 6.07) is 14.5. The maximum Gasteiger partial charge on any atom is 0.573 e. The quantitative estimate of drug-likeness (QED) is 0.676. The van der Waals surface area contributed by atoms with Crippen molar-refractivity contribution in [2.45, 2.75) is 32.1 Å². The molecule has 1 heterocycles. The number of halogens is 3. The van der Waals surface area contributed by atoms with Gasteiger partial charge >= 0.3 is 6.36 Å². The highest BCUT2D eigenvalue weighted by Crippen LogP contribution is 2.36. The molecule has 0 spiro atoms. The Morgan fingerprint density at radius 3 is 2.37 bits per heavy atom. The van der Waals surface area contributed by atoms with Crippen molar-refractivity contribution in [2.75, 3.05) is 19.0 Å². The summed E-state index contributed by atoms with van der Waals surface area (Å²) < 4.78 is 49.5. The van der Waals surface area contributed by atoms with Crippen molar-refractivity contribution in [3.8, 4) is 11.8 Å². The van der Waals surface area contributed by atoms with Crippen LogP contribution >= 0.6 is 0 Å². The van der Waals surface area contributed by atoms with Crippen LogP contribution in [-0.2, 0) is 9.47 Å². The van der Waals surface area contributed by atoms with E-state index in [1.807, 2.05) is 38.1 Å². The Morgan fingerprint density at radius 2 is 1.87 bits per heavy atom. The molecule has 1 unspecified atom stereocenters. The number of ether oxygens (including phenoxy) is 3. The molecule has 2 N–H and O–H groups in total. The van der Waals surface area contributed by atoms with E-state index in [4.69, 9.17) is 20.1 Å². The molecule has 0 radical (unpaired) electrons. The molecule has 1 aliphatic rings. The number of nitrogens with one attached hydrogen (secondary N) is 2. The van der Waals surface area contributed by atoms with E-state index in [2.05, 4.69) is 10.1 Å². The minimum absolute atomic E-state index is 0.0757. The van der Waals surface area contributed by atoms with Gasteiger partial charge in [0, 0.05) is 18.3 Å². The summed E-state index contributed by atoms with van der Waals surface area (Å²) in [7, 11) is 1.77. The average molecular weight is 421 g/mol. The number of nitrogens with zero attached hydrogens (tertiary/aromatic N) is 1. The number of hydrogen-bond donors (Lipinski definition) is 2. The van der Waals surface area contributed by atoms with Crippen LogP contribution in [0.25, 0.3) is 0 Å². The molecule has 1 saturated heterocycles. The maximum absolute atomic E-state index is 11.5. The van der Waals surface area contributed by atoms with E-state index >= 15 is 0 Å². The van der Waals surface area contributed by atoms with Crippen LogP contribution < -0.4 is 10.1 Å². The third kappa shape index (κ3) is 6.47. The Labute approximate surface area is 172 Å². The summed E-state index contributed by atoms with van der Waals surface area (Å²) in [5.74, 6) is -0.827. The number of benzene rings is 2. The van der Waals surface area contributed by atoms with Crippen LogP contribution in [0.4, 0.5) is 18.9 Å². The van der Waals surface area contributed by atoms with Gasteiger partial charge in [-0.2, -0.15) is 5.26 Å². The van der Waals surface area contributed by atoms with Crippen LogP contribution in [0.3, 0.4) is 0 Å². The van der Waals surface area contributed by atoms with Crippen molar-refractivity contribution in [3.63, 3.8) is 0 Å². The SMILES string of the molecule is CNc1cccc(C2COC(C)(C)O2)c1C(=N)C#N.FC(F)(F)Oc1ccccc1. The highest BCUT2D eigenvalue weighted by atomic mass is 19.4. The lowest BCUT2D eigenvalue weighted by Crippen LogP contribution is -2.20. The Morgan fingerprint density at radius 1 is 1.20 bits per heavy atom. The first-order valence-electron chi connectivity index (χ1n) is 8.98. The zero-order chi connectivity index (χ0) is 22.4. The predicted molar refractivity (Wildman–Crippen MR) is 105 cm³/mol. The summed E-state index contributed by atoms with van der Waals surface area (Å²) in [5.41, 5.74) is 2.06. The largest absolute Gasteiger partial charge is 0.573 e. The number of para-hydroxylation sites is 1. The minimum atomic E-state index is -4.60. The van der Waals surface area contributed by atoms with E-state index in [0.717, 1.165) is 11.3 Å². The molecule has 1 aliphatic heterocycles. The summed E-state index contributed by atoms with van der Waals surface area (Å²) in [4.78, 5) is 0. The van der Waals surface area contributed by atoms with E-state index < -0.39 is 12.1 Å². The Bertz CT molecular complexity index is 909. The van der Waals surface area contributed by atoms with Gasteiger partial charge in [-0.25, -0.2) is 0 Å². The van der Waals surface area contributed by atoms with Crippen molar-refractivity contribution in [1.29, 1.82) is 10.7 Å². The lowest BCUT2D eigenvalue weighted by atomic mass is 9.97. The monoisotopic (exact) mass is 421 g/mol. The first kappa shape index (κ1) is 23.2. The summed E-state index contributed by atoms with van der Waals surface area (Å²) in [5, 5.41) is 19.8. The summed E-state index contributed by atoms with van der Waals surface area (Å²) in [6.45, 7) is 4.13. The van der Waals surface area contributed by atoms with Crippen molar-refractivity contribution in [2.24, 2.45) is 0 Å². The van der Waals surface area contributed by atoms with E-state index in [0.29, 0.717) is 12.2 Å². The molecular weight excluding hydrogens is 399 g/mol. The second-order valence-corrected chi connectivity index (χ2v) is 6.68. The van der Waals surface area contributed by atoms with Crippen LogP contribution in [0.5, 0.6) is 5.75 Å². The number of rotatable bonds is 4. The van der Waals surface area contributed by atoms with Crippen LogP contribution in [0, 0.1) is 16.7 Å². The molecule has 0 saturated carbocycles. The van der Waals surface area contributed by atoms with Gasteiger partial charge in [-0.3, -0.25) is 5.41 Å². The molecule has 9 heteroatoms. The van der Waals surface area contributed by atoms with Crippen LogP contribution in [0.15, 0.2) is 48.5 Å². The normalized spacial score (nSPS) is 17.3. The molecular formula is C21H22F3N3O3. The topological polar surface area (TPSA) is 87.4 Å². The lowest BCUT2D eigenvalue weighted by molar-refractivity contribution is -0.274. The van der Waals surface area contributed by atoms with E-state index in [1.54, 1.807) is 13.1 Å². The van der Waals surface area contributed by atoms with Gasteiger partial charge in [-0.15, -0.1) is 13.2 Å². The smallest absolute Gasteiger partial charge is 0.406 e. The molecule has 6 nitrogen and oxygen atoms in total. The highest BCUT2D eigenvalue weighted by Gasteiger charge is 2.35. The fourth-order valence-electron chi connectivity index (χ4n) is 2.84. The zero-order valence-corrected chi connectivity index (χ0v) is 16.7. The molecule has 160 valence electrons. The fraction of sp³-hybridized carbons (Fsp3) is 0.333. The number of nitriles is 1. The molecule has 0 aromatic heterocycles. The lowest BCUT2D eigenvalue weighted by Gasteiger charge is -2.19. The van der Waals surface area contributed by atoms with Gasteiger partial charge in [0.1, 0.15) is 23.6 Å². The van der Waals surface area contributed by atoms with Gasteiger partial charge in [0.25, 0.3) is 0 Å². The Balaban J connectivity index is 0.000000248. The van der Waals surface area contributed by atoms with Crippen molar-refractivity contribution < 1.29 is 27.4 Å². The molecule has 1 fully saturated rings. The van der Waals surface area contributed by atoms with E-state index in [-0.39, 0.29) is 17.6 Å². The third-order valence-electron chi connectivity index (χ3n) is 4.06. The van der Waals surface area contributed by atoms with Crippen LogP contribution in [-0.4, -0.2) is 31.5 Å².